The number of hydrogen-bond acceptors (Lipinski definition) is 1. The van der Waals surface area contributed by atoms with Crippen molar-refractivity contribution in [1.82, 2.24) is 4.90 Å². The molecular weight excluding hydrogens is 285 g/mol. The highest BCUT2D eigenvalue weighted by Gasteiger charge is 2.16. The van der Waals surface area contributed by atoms with E-state index in [4.69, 9.17) is 0 Å². The summed E-state index contributed by atoms with van der Waals surface area (Å²) in [5, 5.41) is 0. The van der Waals surface area contributed by atoms with Crippen LogP contribution in [0.4, 0.5) is 4.39 Å². The van der Waals surface area contributed by atoms with Crippen molar-refractivity contribution >= 4 is 21.8 Å². The first-order valence-corrected chi connectivity index (χ1v) is 6.49. The van der Waals surface area contributed by atoms with E-state index in [0.29, 0.717) is 29.0 Å². The van der Waals surface area contributed by atoms with E-state index in [2.05, 4.69) is 29.8 Å². The van der Waals surface area contributed by atoms with Gasteiger partial charge in [0.1, 0.15) is 5.82 Å². The van der Waals surface area contributed by atoms with Gasteiger partial charge in [-0.25, -0.2) is 4.39 Å². The Kier molecular flexibility index (Phi) is 5.12. The van der Waals surface area contributed by atoms with Gasteiger partial charge in [-0.05, 0) is 47.0 Å². The molecule has 0 unspecified atom stereocenters. The molecule has 17 heavy (non-hydrogen) atoms. The van der Waals surface area contributed by atoms with E-state index in [1.54, 1.807) is 17.0 Å². The summed E-state index contributed by atoms with van der Waals surface area (Å²) >= 11 is 3.07. The molecule has 0 N–H and O–H groups in total. The molecule has 1 aromatic carbocycles. The molecule has 0 aliphatic heterocycles. The van der Waals surface area contributed by atoms with E-state index in [-0.39, 0.29) is 5.91 Å². The molecule has 0 fully saturated rings. The summed E-state index contributed by atoms with van der Waals surface area (Å²) in [4.78, 5) is 13.8. The molecule has 0 bridgehead atoms. The van der Waals surface area contributed by atoms with E-state index in [1.807, 2.05) is 6.92 Å². The minimum Gasteiger partial charge on any atom is -0.339 e. The standard InChI is InChI=1S/C13H17BrFNO/c1-4-16(8-9(2)3)13(17)10-5-6-11(14)12(15)7-10/h5-7,9H,4,8H2,1-3H3. The summed E-state index contributed by atoms with van der Waals surface area (Å²) in [6.45, 7) is 7.35. The fourth-order valence-corrected chi connectivity index (χ4v) is 1.85. The summed E-state index contributed by atoms with van der Waals surface area (Å²) < 4.78 is 13.7. The van der Waals surface area contributed by atoms with Crippen molar-refractivity contribution in [2.24, 2.45) is 5.92 Å². The van der Waals surface area contributed by atoms with Crippen molar-refractivity contribution in [2.45, 2.75) is 20.8 Å². The Bertz CT molecular complexity index is 406. The number of carbonyl (C=O) groups is 1. The average Bonchev–Trinajstić information content (AvgIpc) is 2.28. The molecule has 0 aliphatic carbocycles. The van der Waals surface area contributed by atoms with Crippen LogP contribution in [0.3, 0.4) is 0 Å². The van der Waals surface area contributed by atoms with Crippen molar-refractivity contribution in [1.29, 1.82) is 0 Å². The van der Waals surface area contributed by atoms with Gasteiger partial charge >= 0.3 is 0 Å². The molecule has 4 heteroatoms. The summed E-state index contributed by atoms with van der Waals surface area (Å²) in [5.74, 6) is -0.122. The predicted octanol–water partition coefficient (Wildman–Crippen LogP) is 3.71. The maximum atomic E-state index is 13.4. The maximum absolute atomic E-state index is 13.4. The lowest BCUT2D eigenvalue weighted by Gasteiger charge is -2.23. The first-order chi connectivity index (χ1) is 7.95. The zero-order chi connectivity index (χ0) is 13.0. The molecule has 0 atom stereocenters. The van der Waals surface area contributed by atoms with Gasteiger partial charge < -0.3 is 4.90 Å². The third kappa shape index (κ3) is 3.80. The molecule has 0 aromatic heterocycles. The largest absolute Gasteiger partial charge is 0.339 e. The predicted molar refractivity (Wildman–Crippen MR) is 70.5 cm³/mol. The maximum Gasteiger partial charge on any atom is 0.253 e. The number of carbonyl (C=O) groups excluding carboxylic acids is 1. The molecule has 0 radical (unpaired) electrons. The van der Waals surface area contributed by atoms with Crippen LogP contribution in [-0.4, -0.2) is 23.9 Å². The number of nitrogens with zero attached hydrogens (tertiary/aromatic N) is 1. The second-order valence-corrected chi connectivity index (χ2v) is 5.22. The zero-order valence-corrected chi connectivity index (χ0v) is 11.9. The number of rotatable bonds is 4. The minimum atomic E-state index is -0.406. The lowest BCUT2D eigenvalue weighted by molar-refractivity contribution is 0.0745. The number of benzene rings is 1. The Morgan fingerprint density at radius 2 is 2.12 bits per heavy atom. The van der Waals surface area contributed by atoms with Crippen LogP contribution in [-0.2, 0) is 0 Å². The van der Waals surface area contributed by atoms with Crippen LogP contribution in [0.5, 0.6) is 0 Å². The number of hydrogen-bond donors (Lipinski definition) is 0. The molecule has 1 rings (SSSR count). The highest BCUT2D eigenvalue weighted by molar-refractivity contribution is 9.10. The van der Waals surface area contributed by atoms with Gasteiger partial charge in [0.2, 0.25) is 0 Å². The lowest BCUT2D eigenvalue weighted by atomic mass is 10.1. The van der Waals surface area contributed by atoms with Gasteiger partial charge in [0.05, 0.1) is 4.47 Å². The normalized spacial score (nSPS) is 10.7. The SMILES string of the molecule is CCN(CC(C)C)C(=O)c1ccc(Br)c(F)c1. The molecule has 1 aromatic rings. The van der Waals surface area contributed by atoms with Gasteiger partial charge in [-0.2, -0.15) is 0 Å². The van der Waals surface area contributed by atoms with Gasteiger partial charge in [-0.1, -0.05) is 13.8 Å². The number of amides is 1. The van der Waals surface area contributed by atoms with Crippen LogP contribution in [0.25, 0.3) is 0 Å². The summed E-state index contributed by atoms with van der Waals surface area (Å²) in [6, 6.07) is 4.47. The first kappa shape index (κ1) is 14.2. The van der Waals surface area contributed by atoms with Gasteiger partial charge in [0.25, 0.3) is 5.91 Å². The Balaban J connectivity index is 2.90. The van der Waals surface area contributed by atoms with E-state index in [1.165, 1.54) is 6.07 Å². The van der Waals surface area contributed by atoms with E-state index >= 15 is 0 Å². The van der Waals surface area contributed by atoms with Crippen molar-refractivity contribution in [3.8, 4) is 0 Å². The average molecular weight is 302 g/mol. The first-order valence-electron chi connectivity index (χ1n) is 5.70. The Hall–Kier alpha value is -0.900. The molecule has 0 saturated heterocycles. The Labute approximate surface area is 110 Å². The van der Waals surface area contributed by atoms with Gasteiger partial charge in [0.15, 0.2) is 0 Å². The van der Waals surface area contributed by atoms with Gasteiger partial charge in [-0.15, -0.1) is 0 Å². The van der Waals surface area contributed by atoms with E-state index in [0.717, 1.165) is 0 Å². The van der Waals surface area contributed by atoms with Crippen molar-refractivity contribution < 1.29 is 9.18 Å². The van der Waals surface area contributed by atoms with E-state index in [9.17, 15) is 9.18 Å². The van der Waals surface area contributed by atoms with Crippen LogP contribution in [0, 0.1) is 11.7 Å². The van der Waals surface area contributed by atoms with Crippen LogP contribution >= 0.6 is 15.9 Å². The van der Waals surface area contributed by atoms with Crippen molar-refractivity contribution in [3.05, 3.63) is 34.1 Å². The van der Waals surface area contributed by atoms with Crippen LogP contribution in [0.2, 0.25) is 0 Å². The molecule has 0 saturated carbocycles. The van der Waals surface area contributed by atoms with Crippen LogP contribution < -0.4 is 0 Å². The summed E-state index contributed by atoms with van der Waals surface area (Å²) in [7, 11) is 0. The minimum absolute atomic E-state index is 0.118. The monoisotopic (exact) mass is 301 g/mol. The third-order valence-corrected chi connectivity index (χ3v) is 3.06. The second-order valence-electron chi connectivity index (χ2n) is 4.37. The molecule has 2 nitrogen and oxygen atoms in total. The second kappa shape index (κ2) is 6.15. The molecule has 1 amide bonds. The van der Waals surface area contributed by atoms with Crippen LogP contribution in [0.1, 0.15) is 31.1 Å². The van der Waals surface area contributed by atoms with Crippen molar-refractivity contribution in [2.75, 3.05) is 13.1 Å². The van der Waals surface area contributed by atoms with Crippen LogP contribution in [0.15, 0.2) is 22.7 Å². The summed E-state index contributed by atoms with van der Waals surface area (Å²) in [6.07, 6.45) is 0. The molecular formula is C13H17BrFNO. The lowest BCUT2D eigenvalue weighted by Crippen LogP contribution is -2.34. The van der Waals surface area contributed by atoms with Crippen molar-refractivity contribution in [3.63, 3.8) is 0 Å². The highest BCUT2D eigenvalue weighted by Crippen LogP contribution is 2.17. The highest BCUT2D eigenvalue weighted by atomic mass is 79.9. The molecule has 0 heterocycles. The van der Waals surface area contributed by atoms with Gasteiger partial charge in [0, 0.05) is 18.7 Å². The zero-order valence-electron chi connectivity index (χ0n) is 10.3. The number of halogens is 2. The fourth-order valence-electron chi connectivity index (χ4n) is 1.61. The van der Waals surface area contributed by atoms with Gasteiger partial charge in [-0.3, -0.25) is 4.79 Å². The Morgan fingerprint density at radius 3 is 2.59 bits per heavy atom. The summed E-state index contributed by atoms with van der Waals surface area (Å²) in [5.41, 5.74) is 0.396. The molecule has 0 aliphatic rings. The molecule has 0 spiro atoms. The molecule has 94 valence electrons. The smallest absolute Gasteiger partial charge is 0.253 e. The Morgan fingerprint density at radius 1 is 1.47 bits per heavy atom. The van der Waals surface area contributed by atoms with E-state index < -0.39 is 5.82 Å². The fraction of sp³-hybridized carbons (Fsp3) is 0.462. The quantitative estimate of drug-likeness (QED) is 0.830. The third-order valence-electron chi connectivity index (χ3n) is 2.42. The topological polar surface area (TPSA) is 20.3 Å².